The number of nitrogens with zero attached hydrogens (tertiary/aromatic N) is 2. The quantitative estimate of drug-likeness (QED) is 0.823. The fourth-order valence-electron chi connectivity index (χ4n) is 2.78. The zero-order valence-corrected chi connectivity index (χ0v) is 15.9. The first-order valence-corrected chi connectivity index (χ1v) is 9.60. The Morgan fingerprint density at radius 2 is 1.84 bits per heavy atom. The van der Waals surface area contributed by atoms with E-state index in [1.54, 1.807) is 4.90 Å². The Kier molecular flexibility index (Phi) is 8.27. The normalized spacial score (nSPS) is 17.5. The van der Waals surface area contributed by atoms with Gasteiger partial charge in [-0.1, -0.05) is 13.3 Å². The minimum Gasteiger partial charge on any atom is -0.340 e. The molecule has 0 saturated carbocycles. The van der Waals surface area contributed by atoms with Crippen molar-refractivity contribution in [3.05, 3.63) is 30.1 Å². The highest BCUT2D eigenvalue weighted by Gasteiger charge is 2.29. The fraction of sp³-hybridized carbons (Fsp3) is 0.562. The molecule has 1 unspecified atom stereocenters. The fourth-order valence-corrected chi connectivity index (χ4v) is 4.25. The van der Waals surface area contributed by atoms with Crippen molar-refractivity contribution in [2.75, 3.05) is 26.2 Å². The van der Waals surface area contributed by atoms with E-state index >= 15 is 0 Å². The first-order chi connectivity index (χ1) is 11.4. The van der Waals surface area contributed by atoms with Gasteiger partial charge in [0.15, 0.2) is 0 Å². The standard InChI is InChI=1S/C16H24FN3O3S.ClH/c1-2-4-15(18)16(21)19-9-3-10-20(12-11-19)24(22,23)14-7-5-13(17)6-8-14;/h5-8,15H,2-4,9-12,18H2,1H3;1H. The van der Waals surface area contributed by atoms with Gasteiger partial charge < -0.3 is 10.6 Å². The Balaban J connectivity index is 0.00000312. The van der Waals surface area contributed by atoms with Gasteiger partial charge in [-0.3, -0.25) is 4.79 Å². The van der Waals surface area contributed by atoms with Gasteiger partial charge in [-0.2, -0.15) is 4.31 Å². The molecule has 1 saturated heterocycles. The molecule has 9 heteroatoms. The summed E-state index contributed by atoms with van der Waals surface area (Å²) in [6.07, 6.45) is 1.99. The highest BCUT2D eigenvalue weighted by atomic mass is 35.5. The largest absolute Gasteiger partial charge is 0.340 e. The zero-order valence-electron chi connectivity index (χ0n) is 14.2. The summed E-state index contributed by atoms with van der Waals surface area (Å²) < 4.78 is 39.6. The molecule has 0 spiro atoms. The van der Waals surface area contributed by atoms with E-state index in [0.717, 1.165) is 18.6 Å². The van der Waals surface area contributed by atoms with Gasteiger partial charge in [0, 0.05) is 26.2 Å². The number of amides is 1. The van der Waals surface area contributed by atoms with E-state index < -0.39 is 21.9 Å². The molecule has 1 aromatic carbocycles. The minimum atomic E-state index is -3.68. The van der Waals surface area contributed by atoms with E-state index in [-0.39, 0.29) is 29.8 Å². The molecule has 1 heterocycles. The lowest BCUT2D eigenvalue weighted by atomic mass is 10.1. The van der Waals surface area contributed by atoms with Crippen molar-refractivity contribution in [3.63, 3.8) is 0 Å². The molecule has 0 bridgehead atoms. The third-order valence-electron chi connectivity index (χ3n) is 4.13. The highest BCUT2D eigenvalue weighted by Crippen LogP contribution is 2.18. The van der Waals surface area contributed by atoms with Crippen LogP contribution in [0, 0.1) is 5.82 Å². The van der Waals surface area contributed by atoms with Crippen molar-refractivity contribution < 1.29 is 17.6 Å². The van der Waals surface area contributed by atoms with Crippen LogP contribution in [0.4, 0.5) is 4.39 Å². The molecule has 1 fully saturated rings. The van der Waals surface area contributed by atoms with Gasteiger partial charge in [0.1, 0.15) is 5.82 Å². The Hall–Kier alpha value is -1.22. The number of rotatable bonds is 5. The number of hydrogen-bond donors (Lipinski definition) is 1. The van der Waals surface area contributed by atoms with E-state index in [1.807, 2.05) is 6.92 Å². The third-order valence-corrected chi connectivity index (χ3v) is 6.05. The summed E-state index contributed by atoms with van der Waals surface area (Å²) in [6.45, 7) is 3.31. The van der Waals surface area contributed by atoms with Crippen molar-refractivity contribution in [1.82, 2.24) is 9.21 Å². The Bertz CT molecular complexity index is 670. The molecule has 6 nitrogen and oxygen atoms in total. The maximum absolute atomic E-state index is 13.0. The molecular formula is C16H25ClFN3O3S. The molecule has 1 aliphatic rings. The summed E-state index contributed by atoms with van der Waals surface area (Å²) in [6, 6.07) is 4.25. The number of sulfonamides is 1. The predicted molar refractivity (Wildman–Crippen MR) is 96.5 cm³/mol. The van der Waals surface area contributed by atoms with Crippen molar-refractivity contribution in [2.45, 2.75) is 37.1 Å². The smallest absolute Gasteiger partial charge is 0.243 e. The first-order valence-electron chi connectivity index (χ1n) is 8.16. The van der Waals surface area contributed by atoms with Crippen LogP contribution < -0.4 is 5.73 Å². The van der Waals surface area contributed by atoms with E-state index in [9.17, 15) is 17.6 Å². The highest BCUT2D eigenvalue weighted by molar-refractivity contribution is 7.89. The van der Waals surface area contributed by atoms with E-state index in [1.165, 1.54) is 16.4 Å². The maximum Gasteiger partial charge on any atom is 0.243 e. The van der Waals surface area contributed by atoms with Crippen LogP contribution in [0.5, 0.6) is 0 Å². The van der Waals surface area contributed by atoms with Crippen LogP contribution in [0.25, 0.3) is 0 Å². The summed E-state index contributed by atoms with van der Waals surface area (Å²) in [5.41, 5.74) is 5.88. The molecule has 0 aromatic heterocycles. The second-order valence-corrected chi connectivity index (χ2v) is 7.87. The van der Waals surface area contributed by atoms with Crippen LogP contribution in [-0.4, -0.2) is 55.8 Å². The molecule has 0 aliphatic carbocycles. The molecule has 1 aromatic rings. The van der Waals surface area contributed by atoms with Crippen molar-refractivity contribution >= 4 is 28.3 Å². The minimum absolute atomic E-state index is 0. The molecular weight excluding hydrogens is 369 g/mol. The topological polar surface area (TPSA) is 83.7 Å². The number of nitrogens with two attached hydrogens (primary N) is 1. The molecule has 2 N–H and O–H groups in total. The second-order valence-electron chi connectivity index (χ2n) is 5.93. The molecule has 2 rings (SSSR count). The van der Waals surface area contributed by atoms with Crippen LogP contribution >= 0.6 is 12.4 Å². The van der Waals surface area contributed by atoms with Gasteiger partial charge in [-0.05, 0) is 37.1 Å². The lowest BCUT2D eigenvalue weighted by Gasteiger charge is -2.24. The zero-order chi connectivity index (χ0) is 17.7. The van der Waals surface area contributed by atoms with Crippen LogP contribution in [0.1, 0.15) is 26.2 Å². The SMILES string of the molecule is CCCC(N)C(=O)N1CCCN(S(=O)(=O)c2ccc(F)cc2)CC1.Cl. The van der Waals surface area contributed by atoms with Gasteiger partial charge in [0.05, 0.1) is 10.9 Å². The Morgan fingerprint density at radius 3 is 2.44 bits per heavy atom. The summed E-state index contributed by atoms with van der Waals surface area (Å²) in [5, 5.41) is 0. The number of hydrogen-bond acceptors (Lipinski definition) is 4. The van der Waals surface area contributed by atoms with Gasteiger partial charge in [0.2, 0.25) is 15.9 Å². The average Bonchev–Trinajstić information content (AvgIpc) is 2.81. The van der Waals surface area contributed by atoms with Crippen LogP contribution in [0.2, 0.25) is 0 Å². The average molecular weight is 394 g/mol. The number of benzene rings is 1. The van der Waals surface area contributed by atoms with E-state index in [0.29, 0.717) is 32.5 Å². The summed E-state index contributed by atoms with van der Waals surface area (Å²) >= 11 is 0. The molecule has 0 radical (unpaired) electrons. The van der Waals surface area contributed by atoms with E-state index in [4.69, 9.17) is 5.73 Å². The van der Waals surface area contributed by atoms with Crippen LogP contribution in [-0.2, 0) is 14.8 Å². The van der Waals surface area contributed by atoms with Crippen molar-refractivity contribution in [2.24, 2.45) is 5.73 Å². The van der Waals surface area contributed by atoms with Gasteiger partial charge in [0.25, 0.3) is 0 Å². The number of carbonyl (C=O) groups is 1. The second kappa shape index (κ2) is 9.47. The Morgan fingerprint density at radius 1 is 1.20 bits per heavy atom. The lowest BCUT2D eigenvalue weighted by Crippen LogP contribution is -2.45. The monoisotopic (exact) mass is 393 g/mol. The van der Waals surface area contributed by atoms with Gasteiger partial charge >= 0.3 is 0 Å². The first kappa shape index (κ1) is 21.8. The molecule has 142 valence electrons. The molecule has 25 heavy (non-hydrogen) atoms. The third kappa shape index (κ3) is 5.37. The molecule has 1 atom stereocenters. The Labute approximate surface area is 154 Å². The van der Waals surface area contributed by atoms with Gasteiger partial charge in [-0.25, -0.2) is 12.8 Å². The van der Waals surface area contributed by atoms with Crippen molar-refractivity contribution in [1.29, 1.82) is 0 Å². The maximum atomic E-state index is 13.0. The number of halogens is 2. The molecule has 1 aliphatic heterocycles. The van der Waals surface area contributed by atoms with Crippen molar-refractivity contribution in [3.8, 4) is 0 Å². The van der Waals surface area contributed by atoms with Crippen LogP contribution in [0.3, 0.4) is 0 Å². The van der Waals surface area contributed by atoms with Crippen LogP contribution in [0.15, 0.2) is 29.2 Å². The summed E-state index contributed by atoms with van der Waals surface area (Å²) in [7, 11) is -3.68. The predicted octanol–water partition coefficient (Wildman–Crippen LogP) is 1.60. The summed E-state index contributed by atoms with van der Waals surface area (Å²) in [5.74, 6) is -0.607. The molecule has 1 amide bonds. The van der Waals surface area contributed by atoms with Gasteiger partial charge in [-0.15, -0.1) is 12.4 Å². The lowest BCUT2D eigenvalue weighted by molar-refractivity contribution is -0.132. The summed E-state index contributed by atoms with van der Waals surface area (Å²) in [4.78, 5) is 14.0. The number of carbonyl (C=O) groups excluding carboxylic acids is 1. The van der Waals surface area contributed by atoms with E-state index in [2.05, 4.69) is 0 Å².